The third kappa shape index (κ3) is 5.67. The molecule has 11 heteroatoms. The fraction of sp³-hybridized carbons (Fsp3) is 0.0833. The molecule has 1 N–H and O–H groups in total. The molecule has 176 valence electrons. The molecule has 0 radical (unpaired) electrons. The number of amides is 2. The van der Waals surface area contributed by atoms with Crippen LogP contribution < -0.4 is 14.9 Å². The van der Waals surface area contributed by atoms with Crippen LogP contribution in [0.5, 0.6) is 11.5 Å². The number of benzene rings is 2. The maximum Gasteiger partial charge on any atom is 0.285 e. The molecule has 1 aromatic heterocycles. The van der Waals surface area contributed by atoms with Gasteiger partial charge in [0.15, 0.2) is 15.8 Å². The highest BCUT2D eigenvalue weighted by Crippen LogP contribution is 2.37. The molecule has 1 aliphatic heterocycles. The number of thioether (sulfide) groups is 1. The number of hydrogen-bond donors (Lipinski definition) is 1. The first-order chi connectivity index (χ1) is 16.9. The second-order valence-corrected chi connectivity index (χ2v) is 10.8. The van der Waals surface area contributed by atoms with E-state index in [2.05, 4.69) is 34.1 Å². The summed E-state index contributed by atoms with van der Waals surface area (Å²) in [6.45, 7) is 0.206. The number of hydrogen-bond acceptors (Lipinski definition) is 8. The first-order valence-electron chi connectivity index (χ1n) is 10.0. The van der Waals surface area contributed by atoms with Crippen molar-refractivity contribution in [1.29, 1.82) is 5.26 Å². The summed E-state index contributed by atoms with van der Waals surface area (Å²) < 4.78 is 12.5. The highest BCUT2D eigenvalue weighted by atomic mass is 127. The van der Waals surface area contributed by atoms with E-state index in [1.54, 1.807) is 41.8 Å². The molecular formula is C24H16IN3O4S3. The van der Waals surface area contributed by atoms with Crippen LogP contribution in [0.2, 0.25) is 0 Å². The molecule has 2 aromatic carbocycles. The van der Waals surface area contributed by atoms with Crippen LogP contribution in [0.15, 0.2) is 58.8 Å². The highest BCUT2D eigenvalue weighted by Gasteiger charge is 2.34. The molecule has 2 amide bonds. The number of nitrogens with zero attached hydrogens (tertiary/aromatic N) is 2. The van der Waals surface area contributed by atoms with Crippen LogP contribution in [0.3, 0.4) is 0 Å². The Morgan fingerprint density at radius 3 is 2.80 bits per heavy atom. The number of carbonyl (C=O) groups excluding carboxylic acids is 2. The number of carbonyl (C=O) groups is 2. The van der Waals surface area contributed by atoms with Gasteiger partial charge in [0, 0.05) is 5.56 Å². The van der Waals surface area contributed by atoms with Crippen molar-refractivity contribution < 1.29 is 19.1 Å². The monoisotopic (exact) mass is 633 g/mol. The maximum absolute atomic E-state index is 12.9. The van der Waals surface area contributed by atoms with Crippen molar-refractivity contribution in [3.63, 3.8) is 0 Å². The van der Waals surface area contributed by atoms with Gasteiger partial charge in [-0.25, -0.2) is 0 Å². The van der Waals surface area contributed by atoms with E-state index in [0.29, 0.717) is 32.4 Å². The Morgan fingerprint density at radius 2 is 2.09 bits per heavy atom. The first-order valence-corrected chi connectivity index (χ1v) is 13.2. The maximum atomic E-state index is 12.9. The largest absolute Gasteiger partial charge is 0.493 e. The summed E-state index contributed by atoms with van der Waals surface area (Å²) in [4.78, 5) is 26.1. The Bertz CT molecular complexity index is 1380. The van der Waals surface area contributed by atoms with E-state index in [-0.39, 0.29) is 10.9 Å². The lowest BCUT2D eigenvalue weighted by Crippen LogP contribution is -2.44. The van der Waals surface area contributed by atoms with Crippen LogP contribution in [0.4, 0.5) is 0 Å². The molecule has 1 aliphatic rings. The smallest absolute Gasteiger partial charge is 0.285 e. The summed E-state index contributed by atoms with van der Waals surface area (Å²) in [5.74, 6) is 0.216. The van der Waals surface area contributed by atoms with Gasteiger partial charge in [0.2, 0.25) is 0 Å². The van der Waals surface area contributed by atoms with Crippen molar-refractivity contribution in [1.82, 2.24) is 10.4 Å². The van der Waals surface area contributed by atoms with Crippen LogP contribution >= 0.6 is 57.9 Å². The van der Waals surface area contributed by atoms with Crippen molar-refractivity contribution in [2.24, 2.45) is 0 Å². The molecule has 0 atom stereocenters. The Balaban J connectivity index is 1.53. The first kappa shape index (κ1) is 25.2. The summed E-state index contributed by atoms with van der Waals surface area (Å²) >= 11 is 9.81. The quantitative estimate of drug-likeness (QED) is 0.213. The van der Waals surface area contributed by atoms with Crippen molar-refractivity contribution in [3.05, 3.63) is 84.0 Å². The Morgan fingerprint density at radius 1 is 1.29 bits per heavy atom. The second kappa shape index (κ2) is 11.2. The number of nitriles is 1. The van der Waals surface area contributed by atoms with Gasteiger partial charge < -0.3 is 9.47 Å². The fourth-order valence-corrected chi connectivity index (χ4v) is 5.72. The predicted molar refractivity (Wildman–Crippen MR) is 148 cm³/mol. The molecule has 1 saturated heterocycles. The standard InChI is InChI=1S/C24H16IN3O4S3/c1-31-18-10-14(9-17(25)21(18)32-13-16-6-3-2-5-15(16)12-26)11-20-23(30)28(24(33)35-20)27-22(29)19-7-4-8-34-19/h2-11H,13H2,1H3,(H,27,29)/b20-11+. The minimum Gasteiger partial charge on any atom is -0.493 e. The lowest BCUT2D eigenvalue weighted by atomic mass is 10.1. The van der Waals surface area contributed by atoms with Crippen molar-refractivity contribution in [2.75, 3.05) is 7.11 Å². The Labute approximate surface area is 228 Å². The summed E-state index contributed by atoms with van der Waals surface area (Å²) in [6, 6.07) is 16.4. The number of thiophene rings is 1. The fourth-order valence-electron chi connectivity index (χ4n) is 3.15. The third-order valence-electron chi connectivity index (χ3n) is 4.81. The van der Waals surface area contributed by atoms with Crippen LogP contribution in [-0.2, 0) is 11.4 Å². The second-order valence-electron chi connectivity index (χ2n) is 7.03. The minimum absolute atomic E-state index is 0.206. The molecule has 4 rings (SSSR count). The van der Waals surface area contributed by atoms with Gasteiger partial charge in [-0.1, -0.05) is 36.0 Å². The third-order valence-corrected chi connectivity index (χ3v) is 7.78. The van der Waals surface area contributed by atoms with E-state index in [1.807, 2.05) is 18.2 Å². The van der Waals surface area contributed by atoms with Crippen LogP contribution in [0.25, 0.3) is 6.08 Å². The summed E-state index contributed by atoms with van der Waals surface area (Å²) in [7, 11) is 1.53. The number of thiocarbonyl (C=S) groups is 1. The summed E-state index contributed by atoms with van der Waals surface area (Å²) in [6.07, 6.45) is 1.69. The zero-order valence-electron chi connectivity index (χ0n) is 18.1. The topological polar surface area (TPSA) is 91.7 Å². The Kier molecular flexibility index (Phi) is 8.07. The van der Waals surface area contributed by atoms with E-state index in [9.17, 15) is 14.9 Å². The van der Waals surface area contributed by atoms with E-state index < -0.39 is 11.8 Å². The molecule has 0 spiro atoms. The highest BCUT2D eigenvalue weighted by molar-refractivity contribution is 14.1. The number of hydrazine groups is 1. The number of nitrogens with one attached hydrogen (secondary N) is 1. The van der Waals surface area contributed by atoms with Gasteiger partial charge in [-0.3, -0.25) is 15.0 Å². The molecule has 7 nitrogen and oxygen atoms in total. The normalized spacial score (nSPS) is 14.2. The predicted octanol–water partition coefficient (Wildman–Crippen LogP) is 5.36. The van der Waals surface area contributed by atoms with E-state index in [1.165, 1.54) is 18.4 Å². The lowest BCUT2D eigenvalue weighted by Gasteiger charge is -2.15. The van der Waals surface area contributed by atoms with Gasteiger partial charge in [0.1, 0.15) is 6.61 Å². The molecule has 35 heavy (non-hydrogen) atoms. The average Bonchev–Trinajstić information content (AvgIpc) is 3.48. The zero-order chi connectivity index (χ0) is 24.9. The van der Waals surface area contributed by atoms with Gasteiger partial charge >= 0.3 is 0 Å². The van der Waals surface area contributed by atoms with E-state index in [0.717, 1.165) is 25.9 Å². The molecule has 0 aliphatic carbocycles. The van der Waals surface area contributed by atoms with Gasteiger partial charge in [0.05, 0.1) is 32.1 Å². The van der Waals surface area contributed by atoms with Gasteiger partial charge in [-0.15, -0.1) is 11.3 Å². The molecular weight excluding hydrogens is 617 g/mol. The molecule has 0 saturated carbocycles. The molecule has 2 heterocycles. The average molecular weight is 634 g/mol. The SMILES string of the molecule is COc1cc(/C=C2/SC(=S)N(NC(=O)c3cccs3)C2=O)cc(I)c1OCc1ccccc1C#N. The number of ether oxygens (including phenoxy) is 2. The van der Waals surface area contributed by atoms with E-state index >= 15 is 0 Å². The van der Waals surface area contributed by atoms with Gasteiger partial charge in [-0.05, 0) is 76.1 Å². The van der Waals surface area contributed by atoms with Gasteiger partial charge in [-0.2, -0.15) is 10.3 Å². The van der Waals surface area contributed by atoms with Crippen molar-refractivity contribution >= 4 is 80.1 Å². The number of halogens is 1. The van der Waals surface area contributed by atoms with Crippen molar-refractivity contribution in [3.8, 4) is 17.6 Å². The van der Waals surface area contributed by atoms with Crippen LogP contribution in [0, 0.1) is 14.9 Å². The van der Waals surface area contributed by atoms with Crippen LogP contribution in [0.1, 0.15) is 26.4 Å². The Hall–Kier alpha value is -2.92. The van der Waals surface area contributed by atoms with Crippen LogP contribution in [-0.4, -0.2) is 28.3 Å². The number of rotatable bonds is 7. The summed E-state index contributed by atoms with van der Waals surface area (Å²) in [5, 5.41) is 12.2. The molecule has 3 aromatic rings. The summed E-state index contributed by atoms with van der Waals surface area (Å²) in [5.41, 5.74) is 4.59. The number of methoxy groups -OCH3 is 1. The van der Waals surface area contributed by atoms with E-state index in [4.69, 9.17) is 21.7 Å². The van der Waals surface area contributed by atoms with Gasteiger partial charge in [0.25, 0.3) is 11.8 Å². The zero-order valence-corrected chi connectivity index (χ0v) is 22.7. The minimum atomic E-state index is -0.410. The molecule has 1 fully saturated rings. The molecule has 0 bridgehead atoms. The molecule has 0 unspecified atom stereocenters. The van der Waals surface area contributed by atoms with Crippen molar-refractivity contribution in [2.45, 2.75) is 6.61 Å². The lowest BCUT2D eigenvalue weighted by molar-refractivity contribution is -0.123.